The van der Waals surface area contributed by atoms with Crippen LogP contribution in [-0.2, 0) is 6.54 Å². The van der Waals surface area contributed by atoms with E-state index in [1.54, 1.807) is 18.5 Å². The van der Waals surface area contributed by atoms with Gasteiger partial charge in [0, 0.05) is 25.8 Å². The van der Waals surface area contributed by atoms with Crippen molar-refractivity contribution in [2.75, 3.05) is 24.6 Å². The number of aliphatic hydroxyl groups excluding tert-OH is 1. The van der Waals surface area contributed by atoms with Gasteiger partial charge in [0.05, 0.1) is 18.5 Å². The van der Waals surface area contributed by atoms with Crippen LogP contribution in [0.5, 0.6) is 0 Å². The van der Waals surface area contributed by atoms with Gasteiger partial charge in [-0.15, -0.1) is 6.58 Å². The summed E-state index contributed by atoms with van der Waals surface area (Å²) in [5.41, 5.74) is 7.63. The van der Waals surface area contributed by atoms with E-state index in [-0.39, 0.29) is 6.61 Å². The molecule has 0 aliphatic heterocycles. The van der Waals surface area contributed by atoms with Crippen molar-refractivity contribution in [3.05, 3.63) is 36.7 Å². The second-order valence-corrected chi connectivity index (χ2v) is 3.17. The number of anilines is 1. The first kappa shape index (κ1) is 11.7. The lowest BCUT2D eigenvalue weighted by Crippen LogP contribution is -2.28. The summed E-state index contributed by atoms with van der Waals surface area (Å²) in [6.45, 7) is 5.50. The summed E-state index contributed by atoms with van der Waals surface area (Å²) in [6, 6.07) is 1.89. The van der Waals surface area contributed by atoms with Crippen LogP contribution < -0.4 is 10.6 Å². The summed E-state index contributed by atoms with van der Waals surface area (Å²) in [4.78, 5) is 6.07. The monoisotopic (exact) mass is 207 g/mol. The first-order valence-corrected chi connectivity index (χ1v) is 4.93. The molecule has 1 aromatic heterocycles. The van der Waals surface area contributed by atoms with Gasteiger partial charge >= 0.3 is 0 Å². The molecule has 1 heterocycles. The van der Waals surface area contributed by atoms with Gasteiger partial charge in [-0.25, -0.2) is 0 Å². The quantitative estimate of drug-likeness (QED) is 0.668. The van der Waals surface area contributed by atoms with Crippen LogP contribution in [0.1, 0.15) is 5.56 Å². The number of aromatic nitrogens is 1. The van der Waals surface area contributed by atoms with Crippen molar-refractivity contribution in [3.63, 3.8) is 0 Å². The van der Waals surface area contributed by atoms with Gasteiger partial charge in [0.2, 0.25) is 0 Å². The van der Waals surface area contributed by atoms with Crippen LogP contribution in [0.3, 0.4) is 0 Å². The van der Waals surface area contributed by atoms with Gasteiger partial charge in [-0.05, 0) is 11.6 Å². The van der Waals surface area contributed by atoms with Gasteiger partial charge < -0.3 is 15.7 Å². The highest BCUT2D eigenvalue weighted by atomic mass is 16.3. The summed E-state index contributed by atoms with van der Waals surface area (Å²) in [5, 5.41) is 8.96. The Hall–Kier alpha value is -1.39. The zero-order valence-corrected chi connectivity index (χ0v) is 8.76. The molecule has 0 bridgehead atoms. The highest BCUT2D eigenvalue weighted by molar-refractivity contribution is 5.52. The molecular formula is C11H17N3O. The Labute approximate surface area is 90.0 Å². The number of nitrogens with two attached hydrogens (primary N) is 1. The fourth-order valence-electron chi connectivity index (χ4n) is 1.46. The fraction of sp³-hybridized carbons (Fsp3) is 0.364. The van der Waals surface area contributed by atoms with Crippen molar-refractivity contribution in [3.8, 4) is 0 Å². The Morgan fingerprint density at radius 1 is 1.60 bits per heavy atom. The minimum Gasteiger partial charge on any atom is -0.395 e. The van der Waals surface area contributed by atoms with E-state index < -0.39 is 0 Å². The van der Waals surface area contributed by atoms with E-state index in [0.29, 0.717) is 19.6 Å². The summed E-state index contributed by atoms with van der Waals surface area (Å²) in [6.07, 6.45) is 5.28. The highest BCUT2D eigenvalue weighted by Gasteiger charge is 2.08. The molecule has 82 valence electrons. The van der Waals surface area contributed by atoms with E-state index in [1.165, 1.54) is 0 Å². The molecule has 0 saturated carbocycles. The molecule has 0 unspecified atom stereocenters. The second kappa shape index (κ2) is 6.16. The summed E-state index contributed by atoms with van der Waals surface area (Å²) in [7, 11) is 0. The minimum absolute atomic E-state index is 0.104. The van der Waals surface area contributed by atoms with E-state index in [4.69, 9.17) is 10.8 Å². The van der Waals surface area contributed by atoms with Crippen LogP contribution in [0, 0.1) is 0 Å². The Balaban J connectivity index is 2.92. The maximum Gasteiger partial charge on any atom is 0.0606 e. The second-order valence-electron chi connectivity index (χ2n) is 3.17. The zero-order chi connectivity index (χ0) is 11.1. The van der Waals surface area contributed by atoms with Gasteiger partial charge in [0.15, 0.2) is 0 Å². The molecule has 0 spiro atoms. The third-order valence-electron chi connectivity index (χ3n) is 2.17. The van der Waals surface area contributed by atoms with Gasteiger partial charge in [-0.1, -0.05) is 6.08 Å². The van der Waals surface area contributed by atoms with Gasteiger partial charge in [0.1, 0.15) is 0 Å². The van der Waals surface area contributed by atoms with Crippen LogP contribution >= 0.6 is 0 Å². The van der Waals surface area contributed by atoms with Crippen LogP contribution in [0.4, 0.5) is 5.69 Å². The van der Waals surface area contributed by atoms with Crippen LogP contribution in [0.15, 0.2) is 31.1 Å². The lowest BCUT2D eigenvalue weighted by molar-refractivity contribution is 0.303. The first-order valence-electron chi connectivity index (χ1n) is 4.93. The van der Waals surface area contributed by atoms with Gasteiger partial charge in [0.25, 0.3) is 0 Å². The first-order chi connectivity index (χ1) is 7.33. The Morgan fingerprint density at radius 2 is 2.40 bits per heavy atom. The third kappa shape index (κ3) is 3.04. The lowest BCUT2D eigenvalue weighted by Gasteiger charge is -2.24. The van der Waals surface area contributed by atoms with Crippen LogP contribution in [0.2, 0.25) is 0 Å². The van der Waals surface area contributed by atoms with Crippen LogP contribution in [-0.4, -0.2) is 29.8 Å². The number of hydrogen-bond acceptors (Lipinski definition) is 4. The van der Waals surface area contributed by atoms with E-state index in [1.807, 2.05) is 11.0 Å². The third-order valence-corrected chi connectivity index (χ3v) is 2.17. The van der Waals surface area contributed by atoms with Crippen molar-refractivity contribution >= 4 is 5.69 Å². The average molecular weight is 207 g/mol. The molecular weight excluding hydrogens is 190 g/mol. The standard InChI is InChI=1S/C11H17N3O/c1-2-5-14(6-7-15)11-9-13-4-3-10(11)8-12/h2-4,9,15H,1,5-8,12H2. The Morgan fingerprint density at radius 3 is 3.00 bits per heavy atom. The predicted molar refractivity (Wildman–Crippen MR) is 61.6 cm³/mol. The number of nitrogens with zero attached hydrogens (tertiary/aromatic N) is 2. The number of pyridine rings is 1. The van der Waals surface area contributed by atoms with Crippen molar-refractivity contribution < 1.29 is 5.11 Å². The van der Waals surface area contributed by atoms with E-state index in [0.717, 1.165) is 11.3 Å². The molecule has 0 fully saturated rings. The zero-order valence-electron chi connectivity index (χ0n) is 8.76. The van der Waals surface area contributed by atoms with Crippen LogP contribution in [0.25, 0.3) is 0 Å². The number of hydrogen-bond donors (Lipinski definition) is 2. The van der Waals surface area contributed by atoms with Crippen molar-refractivity contribution in [1.29, 1.82) is 0 Å². The van der Waals surface area contributed by atoms with Crippen molar-refractivity contribution in [2.24, 2.45) is 5.73 Å². The van der Waals surface area contributed by atoms with E-state index >= 15 is 0 Å². The smallest absolute Gasteiger partial charge is 0.0606 e. The lowest BCUT2D eigenvalue weighted by atomic mass is 10.2. The molecule has 0 saturated heterocycles. The summed E-state index contributed by atoms with van der Waals surface area (Å²) in [5.74, 6) is 0. The molecule has 1 aromatic rings. The van der Waals surface area contributed by atoms with E-state index in [9.17, 15) is 0 Å². The molecule has 0 aromatic carbocycles. The normalized spacial score (nSPS) is 10.0. The Bertz CT molecular complexity index is 314. The summed E-state index contributed by atoms with van der Waals surface area (Å²) < 4.78 is 0. The largest absolute Gasteiger partial charge is 0.395 e. The minimum atomic E-state index is 0.104. The van der Waals surface area contributed by atoms with Crippen molar-refractivity contribution in [1.82, 2.24) is 4.98 Å². The van der Waals surface area contributed by atoms with Gasteiger partial charge in [-0.2, -0.15) is 0 Å². The van der Waals surface area contributed by atoms with Gasteiger partial charge in [-0.3, -0.25) is 4.98 Å². The number of aliphatic hydroxyl groups is 1. The van der Waals surface area contributed by atoms with Crippen molar-refractivity contribution in [2.45, 2.75) is 6.54 Å². The fourth-order valence-corrected chi connectivity index (χ4v) is 1.46. The molecule has 0 amide bonds. The summed E-state index contributed by atoms with van der Waals surface area (Å²) >= 11 is 0. The molecule has 0 aliphatic rings. The molecule has 3 N–H and O–H groups in total. The maximum absolute atomic E-state index is 8.96. The SMILES string of the molecule is C=CCN(CCO)c1cnccc1CN. The molecule has 0 radical (unpaired) electrons. The molecule has 4 nitrogen and oxygen atoms in total. The highest BCUT2D eigenvalue weighted by Crippen LogP contribution is 2.17. The molecule has 4 heteroatoms. The topological polar surface area (TPSA) is 62.4 Å². The molecule has 0 aliphatic carbocycles. The molecule has 0 atom stereocenters. The Kier molecular flexibility index (Phi) is 4.80. The molecule has 15 heavy (non-hydrogen) atoms. The maximum atomic E-state index is 8.96. The predicted octanol–water partition coefficient (Wildman–Crippen LogP) is 0.525. The average Bonchev–Trinajstić information content (AvgIpc) is 2.29. The molecule has 1 rings (SSSR count). The van der Waals surface area contributed by atoms with E-state index in [2.05, 4.69) is 11.6 Å². The number of rotatable bonds is 6.